The first-order valence-corrected chi connectivity index (χ1v) is 11.4. The molecule has 9 heteroatoms. The van der Waals surface area contributed by atoms with Crippen LogP contribution in [0.2, 0.25) is 0 Å². The first-order valence-electron chi connectivity index (χ1n) is 11.4. The van der Waals surface area contributed by atoms with Crippen LogP contribution in [-0.4, -0.2) is 27.6 Å². The van der Waals surface area contributed by atoms with E-state index in [4.69, 9.17) is 5.73 Å². The summed E-state index contributed by atoms with van der Waals surface area (Å²) in [6.45, 7) is 0.462. The molecule has 3 heterocycles. The third kappa shape index (κ3) is 4.68. The van der Waals surface area contributed by atoms with Gasteiger partial charge in [0.05, 0.1) is 17.3 Å². The van der Waals surface area contributed by atoms with E-state index in [1.807, 2.05) is 48.5 Å². The molecule has 0 bridgehead atoms. The van der Waals surface area contributed by atoms with E-state index in [0.29, 0.717) is 23.8 Å². The summed E-state index contributed by atoms with van der Waals surface area (Å²) >= 11 is 0. The lowest BCUT2D eigenvalue weighted by molar-refractivity contribution is -0.137. The van der Waals surface area contributed by atoms with Crippen LogP contribution in [0.15, 0.2) is 91.4 Å². The molecular formula is C28H22F3N5O. The molecule has 0 atom stereocenters. The molecule has 1 amide bonds. The summed E-state index contributed by atoms with van der Waals surface area (Å²) in [6, 6.07) is 21.4. The lowest BCUT2D eigenvalue weighted by Gasteiger charge is -2.17. The van der Waals surface area contributed by atoms with Crippen LogP contribution in [0.5, 0.6) is 0 Å². The van der Waals surface area contributed by atoms with Gasteiger partial charge in [-0.05, 0) is 46.5 Å². The normalized spacial score (nSPS) is 11.6. The number of rotatable bonds is 5. The maximum Gasteiger partial charge on any atom is 0.417 e. The second kappa shape index (κ2) is 9.51. The number of nitrogens with zero attached hydrogens (tertiary/aromatic N) is 4. The Labute approximate surface area is 210 Å². The van der Waals surface area contributed by atoms with E-state index in [-0.39, 0.29) is 5.82 Å². The lowest BCUT2D eigenvalue weighted by Crippen LogP contribution is -2.27. The Kier molecular flexibility index (Phi) is 6.22. The number of nitrogens with two attached hydrogens (primary N) is 1. The number of hydrogen-bond acceptors (Lipinski definition) is 4. The van der Waals surface area contributed by atoms with E-state index in [0.717, 1.165) is 33.9 Å². The summed E-state index contributed by atoms with van der Waals surface area (Å²) in [7, 11) is 1.47. The summed E-state index contributed by atoms with van der Waals surface area (Å²) < 4.78 is 40.3. The molecule has 0 fully saturated rings. The molecule has 0 saturated carbocycles. The van der Waals surface area contributed by atoms with Crippen LogP contribution in [0, 0.1) is 0 Å². The summed E-state index contributed by atoms with van der Waals surface area (Å²) in [6.07, 6.45) is -0.356. The van der Waals surface area contributed by atoms with Crippen LogP contribution in [0.3, 0.4) is 0 Å². The number of benzene rings is 2. The minimum Gasteiger partial charge on any atom is -0.326 e. The van der Waals surface area contributed by atoms with Crippen molar-refractivity contribution in [2.75, 3.05) is 11.9 Å². The molecule has 3 aromatic heterocycles. The number of carbonyl (C=O) groups excluding carboxylic acids is 1. The molecule has 186 valence electrons. The van der Waals surface area contributed by atoms with Crippen molar-refractivity contribution in [2.45, 2.75) is 12.7 Å². The van der Waals surface area contributed by atoms with Crippen LogP contribution < -0.4 is 10.6 Å². The minimum absolute atomic E-state index is 0.109. The topological polar surface area (TPSA) is 76.5 Å². The van der Waals surface area contributed by atoms with Gasteiger partial charge >= 0.3 is 6.18 Å². The predicted octanol–water partition coefficient (Wildman–Crippen LogP) is 5.82. The van der Waals surface area contributed by atoms with Gasteiger partial charge in [0.15, 0.2) is 0 Å². The molecule has 5 rings (SSSR count). The molecule has 37 heavy (non-hydrogen) atoms. The number of aromatic nitrogens is 3. The van der Waals surface area contributed by atoms with Crippen molar-refractivity contribution in [1.29, 1.82) is 0 Å². The van der Waals surface area contributed by atoms with Gasteiger partial charge in [-0.1, -0.05) is 48.5 Å². The molecule has 0 aliphatic heterocycles. The average molecular weight is 502 g/mol. The second-order valence-corrected chi connectivity index (χ2v) is 8.52. The summed E-state index contributed by atoms with van der Waals surface area (Å²) in [5.74, 6) is -0.301. The maximum absolute atomic E-state index is 13.2. The summed E-state index contributed by atoms with van der Waals surface area (Å²) in [4.78, 5) is 18.3. The molecule has 0 spiro atoms. The summed E-state index contributed by atoms with van der Waals surface area (Å²) in [5, 5.41) is 4.45. The SMILES string of the molecule is CN(C(=O)c1ccn2ncc(-c3ccccc3-c3ccc(CN)cc3)c2c1)c1ccc(C(F)(F)F)cn1. The first kappa shape index (κ1) is 24.2. The van der Waals surface area contributed by atoms with Gasteiger partial charge < -0.3 is 5.73 Å². The van der Waals surface area contributed by atoms with E-state index in [9.17, 15) is 18.0 Å². The average Bonchev–Trinajstić information content (AvgIpc) is 3.35. The van der Waals surface area contributed by atoms with E-state index in [2.05, 4.69) is 10.1 Å². The van der Waals surface area contributed by atoms with Gasteiger partial charge in [0.2, 0.25) is 0 Å². The van der Waals surface area contributed by atoms with Crippen LogP contribution in [0.25, 0.3) is 27.8 Å². The standard InChI is InChI=1S/C28H22F3N5O/c1-35(26-11-10-21(16-33-26)28(29,30)31)27(37)20-12-13-36-25(14-20)24(17-34-36)23-5-3-2-4-22(23)19-8-6-18(15-32)7-9-19/h2-14,16-17H,15,32H2,1H3. The molecule has 0 saturated heterocycles. The number of fused-ring (bicyclic) bond motifs is 1. The van der Waals surface area contributed by atoms with Crippen LogP contribution in [0.4, 0.5) is 19.0 Å². The molecule has 5 aromatic rings. The van der Waals surface area contributed by atoms with Gasteiger partial charge in [-0.15, -0.1) is 0 Å². The molecule has 2 N–H and O–H groups in total. The molecule has 0 aliphatic rings. The quantitative estimate of drug-likeness (QED) is 0.329. The molecular weight excluding hydrogens is 479 g/mol. The van der Waals surface area contributed by atoms with Gasteiger partial charge in [0.25, 0.3) is 5.91 Å². The van der Waals surface area contributed by atoms with E-state index in [1.54, 1.807) is 29.0 Å². The van der Waals surface area contributed by atoms with Crippen molar-refractivity contribution in [2.24, 2.45) is 5.73 Å². The van der Waals surface area contributed by atoms with Crippen molar-refractivity contribution in [3.05, 3.63) is 108 Å². The lowest BCUT2D eigenvalue weighted by atomic mass is 9.94. The Balaban J connectivity index is 1.51. The van der Waals surface area contributed by atoms with E-state index in [1.165, 1.54) is 18.0 Å². The highest BCUT2D eigenvalue weighted by molar-refractivity contribution is 6.06. The molecule has 2 aromatic carbocycles. The van der Waals surface area contributed by atoms with E-state index < -0.39 is 17.6 Å². The number of anilines is 1. The highest BCUT2D eigenvalue weighted by Gasteiger charge is 2.31. The van der Waals surface area contributed by atoms with Gasteiger partial charge in [0, 0.05) is 37.1 Å². The number of alkyl halides is 3. The molecule has 0 aliphatic carbocycles. The smallest absolute Gasteiger partial charge is 0.326 e. The minimum atomic E-state index is -4.50. The Morgan fingerprint density at radius 1 is 0.946 bits per heavy atom. The highest BCUT2D eigenvalue weighted by atomic mass is 19.4. The maximum atomic E-state index is 13.2. The Bertz CT molecular complexity index is 1570. The fourth-order valence-electron chi connectivity index (χ4n) is 4.16. The Hall–Kier alpha value is -4.50. The zero-order valence-corrected chi connectivity index (χ0v) is 19.8. The second-order valence-electron chi connectivity index (χ2n) is 8.52. The largest absolute Gasteiger partial charge is 0.417 e. The zero-order valence-electron chi connectivity index (χ0n) is 19.8. The van der Waals surface area contributed by atoms with Crippen molar-refractivity contribution in [1.82, 2.24) is 14.6 Å². The van der Waals surface area contributed by atoms with Crippen molar-refractivity contribution in [3.63, 3.8) is 0 Å². The van der Waals surface area contributed by atoms with Crippen molar-refractivity contribution in [3.8, 4) is 22.3 Å². The summed E-state index contributed by atoms with van der Waals surface area (Å²) in [5.41, 5.74) is 10.8. The predicted molar refractivity (Wildman–Crippen MR) is 136 cm³/mol. The number of halogens is 3. The number of amides is 1. The fraction of sp³-hybridized carbons (Fsp3) is 0.107. The van der Waals surface area contributed by atoms with Gasteiger partial charge in [0.1, 0.15) is 5.82 Å². The third-order valence-corrected chi connectivity index (χ3v) is 6.21. The monoisotopic (exact) mass is 501 g/mol. The van der Waals surface area contributed by atoms with Crippen molar-refractivity contribution >= 4 is 17.2 Å². The Morgan fingerprint density at radius 3 is 2.32 bits per heavy atom. The van der Waals surface area contributed by atoms with Crippen LogP contribution >= 0.6 is 0 Å². The fourth-order valence-corrected chi connectivity index (χ4v) is 4.16. The highest BCUT2D eigenvalue weighted by Crippen LogP contribution is 2.35. The van der Waals surface area contributed by atoms with E-state index >= 15 is 0 Å². The third-order valence-electron chi connectivity index (χ3n) is 6.21. The number of hydrogen-bond donors (Lipinski definition) is 1. The van der Waals surface area contributed by atoms with Crippen molar-refractivity contribution < 1.29 is 18.0 Å². The van der Waals surface area contributed by atoms with Gasteiger partial charge in [-0.25, -0.2) is 9.50 Å². The molecule has 0 radical (unpaired) electrons. The first-order chi connectivity index (χ1) is 17.8. The van der Waals surface area contributed by atoms with Crippen LogP contribution in [-0.2, 0) is 12.7 Å². The Morgan fingerprint density at radius 2 is 1.68 bits per heavy atom. The number of carbonyl (C=O) groups is 1. The van der Waals surface area contributed by atoms with Gasteiger partial charge in [-0.2, -0.15) is 18.3 Å². The zero-order chi connectivity index (χ0) is 26.2. The number of pyridine rings is 2. The van der Waals surface area contributed by atoms with Crippen LogP contribution in [0.1, 0.15) is 21.5 Å². The molecule has 0 unspecified atom stereocenters. The molecule has 6 nitrogen and oxygen atoms in total. The van der Waals surface area contributed by atoms with Gasteiger partial charge in [-0.3, -0.25) is 9.69 Å².